The molecule has 1 unspecified atom stereocenters. The Morgan fingerprint density at radius 2 is 1.75 bits per heavy atom. The van der Waals surface area contributed by atoms with Gasteiger partial charge in [0, 0.05) is 18.1 Å². The Hall–Kier alpha value is -0.0800. The minimum Gasteiger partial charge on any atom is -0.299 e. The molecule has 2 heterocycles. The summed E-state index contributed by atoms with van der Waals surface area (Å²) in [5.41, 5.74) is 0.577. The van der Waals surface area contributed by atoms with Crippen molar-refractivity contribution in [3.63, 3.8) is 0 Å². The molecule has 3 rings (SSSR count). The van der Waals surface area contributed by atoms with E-state index >= 15 is 0 Å². The van der Waals surface area contributed by atoms with Crippen LogP contribution in [0.2, 0.25) is 0 Å². The Balaban J connectivity index is 1.68. The highest BCUT2D eigenvalue weighted by molar-refractivity contribution is 4.97. The Kier molecular flexibility index (Phi) is 2.97. The van der Waals surface area contributed by atoms with Gasteiger partial charge < -0.3 is 0 Å². The van der Waals surface area contributed by atoms with Crippen LogP contribution in [-0.4, -0.2) is 47.6 Å². The molecule has 0 bridgehead atoms. The van der Waals surface area contributed by atoms with E-state index in [9.17, 15) is 0 Å². The van der Waals surface area contributed by atoms with Crippen molar-refractivity contribution in [1.29, 1.82) is 0 Å². The molecule has 1 saturated carbocycles. The van der Waals surface area contributed by atoms with Crippen LogP contribution in [0.25, 0.3) is 0 Å². The predicted molar refractivity (Wildman–Crippen MR) is 67.7 cm³/mol. The first-order valence-corrected chi connectivity index (χ1v) is 7.27. The first kappa shape index (κ1) is 11.0. The summed E-state index contributed by atoms with van der Waals surface area (Å²) >= 11 is 0. The maximum Gasteiger partial charge on any atom is 0.0223 e. The fraction of sp³-hybridized carbons (Fsp3) is 1.00. The van der Waals surface area contributed by atoms with E-state index in [2.05, 4.69) is 16.7 Å². The molecule has 92 valence electrons. The van der Waals surface area contributed by atoms with Crippen LogP contribution < -0.4 is 0 Å². The van der Waals surface area contributed by atoms with Gasteiger partial charge in [0.25, 0.3) is 0 Å². The van der Waals surface area contributed by atoms with Gasteiger partial charge in [-0.25, -0.2) is 0 Å². The van der Waals surface area contributed by atoms with Gasteiger partial charge >= 0.3 is 0 Å². The molecule has 0 N–H and O–H groups in total. The quantitative estimate of drug-likeness (QED) is 0.672. The third-order valence-electron chi connectivity index (χ3n) is 5.25. The normalized spacial score (nSPS) is 36.2. The number of piperidine rings is 1. The van der Waals surface area contributed by atoms with E-state index in [4.69, 9.17) is 0 Å². The average molecular weight is 222 g/mol. The van der Waals surface area contributed by atoms with Gasteiger partial charge in [-0.2, -0.15) is 0 Å². The van der Waals surface area contributed by atoms with Gasteiger partial charge in [0.05, 0.1) is 0 Å². The summed E-state index contributed by atoms with van der Waals surface area (Å²) in [6.45, 7) is 7.93. The smallest absolute Gasteiger partial charge is 0.0223 e. The van der Waals surface area contributed by atoms with E-state index in [-0.39, 0.29) is 0 Å². The van der Waals surface area contributed by atoms with E-state index in [1.54, 1.807) is 0 Å². The standard InChI is InChI=1S/C14H26N2/c1-14(7-4-8-14)16-11-5-10-15-9-3-2-6-13(15)12-16/h13H,2-12H2,1H3. The SMILES string of the molecule is CC1(N2CCCN3CCCCC3C2)CCC1. The maximum atomic E-state index is 2.83. The second-order valence-electron chi connectivity index (χ2n) is 6.34. The third kappa shape index (κ3) is 1.91. The second-order valence-corrected chi connectivity index (χ2v) is 6.34. The average Bonchev–Trinajstić information content (AvgIpc) is 2.47. The van der Waals surface area contributed by atoms with Gasteiger partial charge in [-0.3, -0.25) is 9.80 Å². The van der Waals surface area contributed by atoms with Crippen molar-refractivity contribution in [3.05, 3.63) is 0 Å². The molecule has 0 spiro atoms. The van der Waals surface area contributed by atoms with Crippen molar-refractivity contribution in [3.8, 4) is 0 Å². The summed E-state index contributed by atoms with van der Waals surface area (Å²) < 4.78 is 0. The summed E-state index contributed by atoms with van der Waals surface area (Å²) in [5, 5.41) is 0. The minimum atomic E-state index is 0.577. The van der Waals surface area contributed by atoms with Gasteiger partial charge in [0.1, 0.15) is 0 Å². The molecule has 16 heavy (non-hydrogen) atoms. The predicted octanol–water partition coefficient (Wildman–Crippen LogP) is 2.49. The zero-order valence-electron chi connectivity index (χ0n) is 10.7. The van der Waals surface area contributed by atoms with E-state index in [0.717, 1.165) is 6.04 Å². The first-order chi connectivity index (χ1) is 7.78. The van der Waals surface area contributed by atoms with Gasteiger partial charge in [-0.1, -0.05) is 6.42 Å². The monoisotopic (exact) mass is 222 g/mol. The molecule has 3 fully saturated rings. The van der Waals surface area contributed by atoms with Crippen LogP contribution in [0.5, 0.6) is 0 Å². The van der Waals surface area contributed by atoms with E-state index in [1.807, 2.05) is 0 Å². The Morgan fingerprint density at radius 1 is 0.938 bits per heavy atom. The number of nitrogens with zero attached hydrogens (tertiary/aromatic N) is 2. The van der Waals surface area contributed by atoms with Crippen LogP contribution in [-0.2, 0) is 0 Å². The summed E-state index contributed by atoms with van der Waals surface area (Å²) in [6.07, 6.45) is 10.1. The van der Waals surface area contributed by atoms with Crippen molar-refractivity contribution in [2.45, 2.75) is 63.5 Å². The minimum absolute atomic E-state index is 0.577. The molecule has 0 radical (unpaired) electrons. The van der Waals surface area contributed by atoms with Crippen molar-refractivity contribution in [2.75, 3.05) is 26.2 Å². The van der Waals surface area contributed by atoms with Crippen LogP contribution in [0.15, 0.2) is 0 Å². The van der Waals surface area contributed by atoms with E-state index in [0.29, 0.717) is 5.54 Å². The molecule has 0 aromatic heterocycles. The molecular weight excluding hydrogens is 196 g/mol. The van der Waals surface area contributed by atoms with Gasteiger partial charge in [0.15, 0.2) is 0 Å². The molecule has 1 atom stereocenters. The molecule has 0 aromatic rings. The fourth-order valence-electron chi connectivity index (χ4n) is 3.87. The molecule has 2 aliphatic heterocycles. The zero-order valence-corrected chi connectivity index (χ0v) is 10.7. The van der Waals surface area contributed by atoms with Crippen LogP contribution in [0.3, 0.4) is 0 Å². The Morgan fingerprint density at radius 3 is 2.50 bits per heavy atom. The molecule has 1 aliphatic carbocycles. The van der Waals surface area contributed by atoms with Gasteiger partial charge in [-0.05, 0) is 65.1 Å². The molecular formula is C14H26N2. The number of fused-ring (bicyclic) bond motifs is 1. The highest BCUT2D eigenvalue weighted by Crippen LogP contribution is 2.38. The largest absolute Gasteiger partial charge is 0.299 e. The summed E-state index contributed by atoms with van der Waals surface area (Å²) in [6, 6.07) is 0.883. The second kappa shape index (κ2) is 4.30. The highest BCUT2D eigenvalue weighted by atomic mass is 15.3. The lowest BCUT2D eigenvalue weighted by Crippen LogP contribution is -2.55. The van der Waals surface area contributed by atoms with Crippen molar-refractivity contribution < 1.29 is 0 Å². The summed E-state index contributed by atoms with van der Waals surface area (Å²) in [4.78, 5) is 5.60. The molecule has 2 nitrogen and oxygen atoms in total. The number of rotatable bonds is 1. The fourth-order valence-corrected chi connectivity index (χ4v) is 3.87. The zero-order chi connectivity index (χ0) is 11.0. The topological polar surface area (TPSA) is 6.48 Å². The number of hydrogen-bond acceptors (Lipinski definition) is 2. The molecule has 0 aromatic carbocycles. The maximum absolute atomic E-state index is 2.83. The summed E-state index contributed by atoms with van der Waals surface area (Å²) in [7, 11) is 0. The van der Waals surface area contributed by atoms with Crippen molar-refractivity contribution in [2.24, 2.45) is 0 Å². The highest BCUT2D eigenvalue weighted by Gasteiger charge is 2.40. The lowest BCUT2D eigenvalue weighted by atomic mass is 9.76. The first-order valence-electron chi connectivity index (χ1n) is 7.27. The third-order valence-corrected chi connectivity index (χ3v) is 5.25. The molecule has 0 amide bonds. The number of hydrogen-bond donors (Lipinski definition) is 0. The lowest BCUT2D eigenvalue weighted by Gasteiger charge is -2.49. The van der Waals surface area contributed by atoms with Crippen molar-refractivity contribution in [1.82, 2.24) is 9.80 Å². The van der Waals surface area contributed by atoms with Gasteiger partial charge in [-0.15, -0.1) is 0 Å². The van der Waals surface area contributed by atoms with E-state index in [1.165, 1.54) is 71.1 Å². The van der Waals surface area contributed by atoms with Gasteiger partial charge in [0.2, 0.25) is 0 Å². The summed E-state index contributed by atoms with van der Waals surface area (Å²) in [5.74, 6) is 0. The lowest BCUT2D eigenvalue weighted by molar-refractivity contribution is 0.0190. The van der Waals surface area contributed by atoms with Crippen molar-refractivity contribution >= 4 is 0 Å². The van der Waals surface area contributed by atoms with Crippen LogP contribution in [0.1, 0.15) is 51.9 Å². The van der Waals surface area contributed by atoms with E-state index < -0.39 is 0 Å². The van der Waals surface area contributed by atoms with Crippen LogP contribution in [0, 0.1) is 0 Å². The Labute approximate surface area is 100.0 Å². The molecule has 2 heteroatoms. The molecule has 2 saturated heterocycles. The van der Waals surface area contributed by atoms with Crippen LogP contribution in [0.4, 0.5) is 0 Å². The van der Waals surface area contributed by atoms with Crippen LogP contribution >= 0.6 is 0 Å². The Bertz CT molecular complexity index is 247. The molecule has 3 aliphatic rings.